The van der Waals surface area contributed by atoms with Gasteiger partial charge in [-0.05, 0) is 94.3 Å². The van der Waals surface area contributed by atoms with Crippen molar-refractivity contribution in [2.45, 2.75) is 72.4 Å². The summed E-state index contributed by atoms with van der Waals surface area (Å²) in [6.45, 7) is 12.4. The summed E-state index contributed by atoms with van der Waals surface area (Å²) in [5.41, 5.74) is 5.62. The molecule has 0 saturated carbocycles. The molecule has 37 heavy (non-hydrogen) atoms. The molecular weight excluding hydrogens is 480 g/mol. The summed E-state index contributed by atoms with van der Waals surface area (Å²) in [5, 5.41) is 0. The number of piperidine rings is 1. The lowest BCUT2D eigenvalue weighted by molar-refractivity contribution is 0.0727. The molecule has 5 rings (SSSR count). The molecule has 0 unspecified atom stereocenters. The topological polar surface area (TPSA) is 69.3 Å². The molecule has 2 aliphatic heterocycles. The fraction of sp³-hybridized carbons (Fsp3) is 0.500. The van der Waals surface area contributed by atoms with Crippen LogP contribution in [0.2, 0.25) is 0 Å². The fourth-order valence-corrected chi connectivity index (χ4v) is 7.85. The van der Waals surface area contributed by atoms with Crippen molar-refractivity contribution in [2.75, 3.05) is 19.6 Å². The summed E-state index contributed by atoms with van der Waals surface area (Å²) >= 11 is 1.87. The van der Waals surface area contributed by atoms with Gasteiger partial charge in [-0.15, -0.1) is 11.3 Å². The van der Waals surface area contributed by atoms with Gasteiger partial charge in [-0.2, -0.15) is 0 Å². The summed E-state index contributed by atoms with van der Waals surface area (Å²) in [7, 11) is 0. The fourth-order valence-electron chi connectivity index (χ4n) is 6.29. The molecule has 2 aliphatic rings. The van der Waals surface area contributed by atoms with Crippen LogP contribution in [0.1, 0.15) is 80.3 Å². The first kappa shape index (κ1) is 25.9. The number of carbonyl (C=O) groups is 1. The number of carbonyl (C=O) groups excluding carboxylic acids is 1. The van der Waals surface area contributed by atoms with Crippen LogP contribution in [0.4, 0.5) is 0 Å². The van der Waals surface area contributed by atoms with Gasteiger partial charge in [0.2, 0.25) is 0 Å². The number of pyridine rings is 2. The van der Waals surface area contributed by atoms with Gasteiger partial charge >= 0.3 is 0 Å². The number of likely N-dealkylation sites (tertiary alicyclic amines) is 1. The Kier molecular flexibility index (Phi) is 7.63. The van der Waals surface area contributed by atoms with E-state index in [0.717, 1.165) is 55.0 Å². The number of aryl methyl sites for hydroxylation is 2. The predicted molar refractivity (Wildman–Crippen MR) is 149 cm³/mol. The first-order valence-electron chi connectivity index (χ1n) is 13.6. The molecule has 7 heteroatoms. The van der Waals surface area contributed by atoms with Crippen molar-refractivity contribution in [3.63, 3.8) is 0 Å². The molecule has 1 N–H and O–H groups in total. The molecule has 3 aromatic heterocycles. The number of nitrogens with zero attached hydrogens (tertiary/aromatic N) is 3. The van der Waals surface area contributed by atoms with E-state index in [9.17, 15) is 9.59 Å². The Morgan fingerprint density at radius 3 is 2.57 bits per heavy atom. The van der Waals surface area contributed by atoms with Gasteiger partial charge in [0.05, 0.1) is 17.8 Å². The van der Waals surface area contributed by atoms with Crippen LogP contribution < -0.4 is 5.56 Å². The van der Waals surface area contributed by atoms with E-state index in [2.05, 4.69) is 40.8 Å². The maximum atomic E-state index is 13.7. The average molecular weight is 519 g/mol. The highest BCUT2D eigenvalue weighted by Crippen LogP contribution is 2.44. The number of aromatic amines is 1. The number of nitrogens with one attached hydrogen (secondary N) is 1. The minimum atomic E-state index is -0.0840. The second-order valence-electron chi connectivity index (χ2n) is 10.8. The minimum absolute atomic E-state index is 0.0839. The van der Waals surface area contributed by atoms with Gasteiger partial charge < -0.3 is 9.88 Å². The zero-order valence-electron chi connectivity index (χ0n) is 22.5. The molecule has 196 valence electrons. The van der Waals surface area contributed by atoms with E-state index in [1.54, 1.807) is 0 Å². The van der Waals surface area contributed by atoms with Crippen LogP contribution in [0.5, 0.6) is 0 Å². The zero-order valence-corrected chi connectivity index (χ0v) is 23.3. The molecule has 1 saturated heterocycles. The molecule has 1 amide bonds. The maximum Gasteiger partial charge on any atom is 0.255 e. The van der Waals surface area contributed by atoms with Crippen LogP contribution in [0.3, 0.4) is 0 Å². The van der Waals surface area contributed by atoms with Gasteiger partial charge in [0, 0.05) is 46.7 Å². The van der Waals surface area contributed by atoms with Crippen molar-refractivity contribution in [2.24, 2.45) is 5.92 Å². The Balaban J connectivity index is 1.30. The number of aromatic nitrogens is 2. The van der Waals surface area contributed by atoms with Crippen LogP contribution in [-0.4, -0.2) is 45.3 Å². The third-order valence-electron chi connectivity index (χ3n) is 8.30. The Morgan fingerprint density at radius 2 is 1.89 bits per heavy atom. The molecule has 0 bridgehead atoms. The molecule has 3 aromatic rings. The van der Waals surface area contributed by atoms with Crippen LogP contribution in [0.25, 0.3) is 0 Å². The molecule has 0 radical (unpaired) electrons. The summed E-state index contributed by atoms with van der Waals surface area (Å²) in [6, 6.07) is 8.12. The number of thiophene rings is 1. The second kappa shape index (κ2) is 10.9. The number of amides is 1. The van der Waals surface area contributed by atoms with Gasteiger partial charge in [0.15, 0.2) is 0 Å². The summed E-state index contributed by atoms with van der Waals surface area (Å²) < 4.78 is 0. The van der Waals surface area contributed by atoms with Gasteiger partial charge in [-0.3, -0.25) is 19.5 Å². The summed E-state index contributed by atoms with van der Waals surface area (Å²) in [6.07, 6.45) is 6.21. The van der Waals surface area contributed by atoms with E-state index in [0.29, 0.717) is 30.5 Å². The van der Waals surface area contributed by atoms with E-state index in [-0.39, 0.29) is 11.5 Å². The number of H-pyrrole nitrogens is 1. The smallest absolute Gasteiger partial charge is 0.255 e. The molecular formula is C30H38N4O2S. The SMILES string of the molecule is CC[C@@H](c1sc2c(c1C)C(=O)N(Cc1c(C)cc(C)[nH]c1=O)CC2)C1CCN(Cc2ccccn2)CC1. The molecule has 1 fully saturated rings. The van der Waals surface area contributed by atoms with E-state index in [4.69, 9.17) is 0 Å². The van der Waals surface area contributed by atoms with Gasteiger partial charge in [-0.1, -0.05) is 13.0 Å². The predicted octanol–water partition coefficient (Wildman–Crippen LogP) is 5.36. The highest BCUT2D eigenvalue weighted by Gasteiger charge is 2.35. The zero-order chi connectivity index (χ0) is 26.1. The van der Waals surface area contributed by atoms with Crippen molar-refractivity contribution in [3.8, 4) is 0 Å². The summed E-state index contributed by atoms with van der Waals surface area (Å²) in [4.78, 5) is 40.7. The molecule has 0 aliphatic carbocycles. The third kappa shape index (κ3) is 5.30. The average Bonchev–Trinajstić information content (AvgIpc) is 3.21. The lowest BCUT2D eigenvalue weighted by Gasteiger charge is -2.35. The maximum absolute atomic E-state index is 13.7. The first-order chi connectivity index (χ1) is 17.9. The quantitative estimate of drug-likeness (QED) is 0.457. The second-order valence-corrected chi connectivity index (χ2v) is 11.9. The number of fused-ring (bicyclic) bond motifs is 1. The molecule has 0 aromatic carbocycles. The Bertz CT molecular complexity index is 1320. The van der Waals surface area contributed by atoms with Crippen LogP contribution in [0, 0.1) is 26.7 Å². The van der Waals surface area contributed by atoms with Crippen molar-refractivity contribution >= 4 is 17.2 Å². The monoisotopic (exact) mass is 518 g/mol. The molecule has 1 atom stereocenters. The molecule has 6 nitrogen and oxygen atoms in total. The van der Waals surface area contributed by atoms with Crippen LogP contribution in [-0.2, 0) is 19.5 Å². The number of rotatable bonds is 7. The van der Waals surface area contributed by atoms with E-state index < -0.39 is 0 Å². The Hall–Kier alpha value is -2.77. The van der Waals surface area contributed by atoms with E-state index >= 15 is 0 Å². The standard InChI is InChI=1S/C30H38N4O2S/c1-5-24(22-9-13-33(14-10-22)17-23-8-6-7-12-31-23)28-21(4)27-26(37-28)11-15-34(30(27)36)18-25-19(2)16-20(3)32-29(25)35/h6-8,12,16,22,24H,5,9-11,13-15,17-18H2,1-4H3,(H,32,35)/t24-/m1/s1. The van der Waals surface area contributed by atoms with Crippen molar-refractivity contribution in [1.29, 1.82) is 0 Å². The number of hydrogen-bond acceptors (Lipinski definition) is 5. The molecule has 0 spiro atoms. The lowest BCUT2D eigenvalue weighted by atomic mass is 9.80. The number of hydrogen-bond donors (Lipinski definition) is 1. The summed E-state index contributed by atoms with van der Waals surface area (Å²) in [5.74, 6) is 1.22. The van der Waals surface area contributed by atoms with Gasteiger partial charge in [0.25, 0.3) is 11.5 Å². The Morgan fingerprint density at radius 1 is 1.11 bits per heavy atom. The normalized spacial score (nSPS) is 17.7. The van der Waals surface area contributed by atoms with Crippen molar-refractivity contribution in [3.05, 3.63) is 84.2 Å². The molecule has 5 heterocycles. The third-order valence-corrected chi connectivity index (χ3v) is 9.78. The minimum Gasteiger partial charge on any atom is -0.334 e. The van der Waals surface area contributed by atoms with Crippen molar-refractivity contribution < 1.29 is 4.79 Å². The van der Waals surface area contributed by atoms with E-state index in [1.165, 1.54) is 28.2 Å². The van der Waals surface area contributed by atoms with Crippen LogP contribution in [0.15, 0.2) is 35.3 Å². The van der Waals surface area contributed by atoms with Gasteiger partial charge in [-0.25, -0.2) is 0 Å². The largest absolute Gasteiger partial charge is 0.334 e. The first-order valence-corrected chi connectivity index (χ1v) is 14.4. The highest BCUT2D eigenvalue weighted by molar-refractivity contribution is 7.12. The Labute approximate surface area is 223 Å². The highest BCUT2D eigenvalue weighted by atomic mass is 32.1. The lowest BCUT2D eigenvalue weighted by Crippen LogP contribution is -2.38. The van der Waals surface area contributed by atoms with Gasteiger partial charge in [0.1, 0.15) is 0 Å². The van der Waals surface area contributed by atoms with Crippen molar-refractivity contribution in [1.82, 2.24) is 19.8 Å². The van der Waals surface area contributed by atoms with E-state index in [1.807, 2.05) is 48.4 Å². The van der Waals surface area contributed by atoms with Crippen LogP contribution >= 0.6 is 11.3 Å².